The second-order valence-corrected chi connectivity index (χ2v) is 17.0. The summed E-state index contributed by atoms with van der Waals surface area (Å²) in [6.45, 7) is 10.9. The average Bonchev–Trinajstić information content (AvgIpc) is 3.64. The van der Waals surface area contributed by atoms with Gasteiger partial charge in [0.25, 0.3) is 5.91 Å². The molecule has 1 aliphatic carbocycles. The lowest BCUT2D eigenvalue weighted by molar-refractivity contribution is -0.179. The van der Waals surface area contributed by atoms with Crippen molar-refractivity contribution in [1.82, 2.24) is 9.97 Å². The van der Waals surface area contributed by atoms with Gasteiger partial charge in [-0.3, -0.25) is 10.1 Å². The fourth-order valence-corrected chi connectivity index (χ4v) is 8.57. The second kappa shape index (κ2) is 18.9. The number of rotatable bonds is 14. The normalized spacial score (nSPS) is 17.0. The van der Waals surface area contributed by atoms with Crippen LogP contribution >= 0.6 is 11.3 Å². The Kier molecular flexibility index (Phi) is 13.6. The van der Waals surface area contributed by atoms with E-state index in [1.54, 1.807) is 32.9 Å². The largest absolute Gasteiger partial charge is 0.490 e. The molecule has 1 saturated carbocycles. The first-order valence-electron chi connectivity index (χ1n) is 20.7. The number of benzene rings is 3. The molecule has 1 amide bonds. The number of carbonyl (C=O) groups excluding carboxylic acids is 2. The Morgan fingerprint density at radius 1 is 0.885 bits per heavy atom. The summed E-state index contributed by atoms with van der Waals surface area (Å²) in [5.41, 5.74) is 0.601. The van der Waals surface area contributed by atoms with Gasteiger partial charge in [-0.05, 0) is 126 Å². The maximum absolute atomic E-state index is 14.9. The summed E-state index contributed by atoms with van der Waals surface area (Å²) in [6, 6.07) is 20.1. The molecular formula is C46H51F3N4O7S. The zero-order valence-corrected chi connectivity index (χ0v) is 35.8. The van der Waals surface area contributed by atoms with Gasteiger partial charge in [0.15, 0.2) is 17.1 Å². The van der Waals surface area contributed by atoms with E-state index in [9.17, 15) is 22.8 Å². The van der Waals surface area contributed by atoms with Crippen LogP contribution in [0.2, 0.25) is 0 Å². The quantitative estimate of drug-likeness (QED) is 0.0853. The van der Waals surface area contributed by atoms with Crippen LogP contribution in [-0.2, 0) is 38.1 Å². The summed E-state index contributed by atoms with van der Waals surface area (Å²) >= 11 is 1.38. The molecule has 15 heteroatoms. The first kappa shape index (κ1) is 44.0. The predicted octanol–water partition coefficient (Wildman–Crippen LogP) is 10.3. The molecule has 11 nitrogen and oxygen atoms in total. The number of nitrogens with zero attached hydrogens (tertiary/aromatic N) is 3. The Labute approximate surface area is 357 Å². The van der Waals surface area contributed by atoms with Crippen LogP contribution in [0.15, 0.2) is 72.8 Å². The number of alkyl halides is 3. The minimum absolute atomic E-state index is 0.0275. The number of esters is 1. The molecule has 0 unspecified atom stereocenters. The van der Waals surface area contributed by atoms with Crippen LogP contribution in [0.3, 0.4) is 0 Å². The van der Waals surface area contributed by atoms with Gasteiger partial charge in [-0.1, -0.05) is 41.7 Å². The third-order valence-corrected chi connectivity index (χ3v) is 11.5. The SMILES string of the molecule is CCOC(COC1CCC(Oc2ccc(-c3ccc(N4CCc5cccc(C(=O)Nc6nc7ccccc7s6)c5C4)nc3C(=O)OC(C)(C)C)c(C(F)(F)F)c2)CC1)OCC. The molecule has 1 aliphatic heterocycles. The average molecular weight is 861 g/mol. The van der Waals surface area contributed by atoms with E-state index < -0.39 is 29.6 Å². The van der Waals surface area contributed by atoms with Crippen LogP contribution in [0.25, 0.3) is 21.3 Å². The Morgan fingerprint density at radius 2 is 1.61 bits per heavy atom. The van der Waals surface area contributed by atoms with Crippen molar-refractivity contribution in [1.29, 1.82) is 0 Å². The number of thiazole rings is 1. The highest BCUT2D eigenvalue weighted by Gasteiger charge is 2.37. The van der Waals surface area contributed by atoms with Crippen LogP contribution in [0, 0.1) is 0 Å². The summed E-state index contributed by atoms with van der Waals surface area (Å²) in [5.74, 6) is -0.741. The van der Waals surface area contributed by atoms with E-state index in [1.165, 1.54) is 29.5 Å². The van der Waals surface area contributed by atoms with Gasteiger partial charge in [0.1, 0.15) is 17.2 Å². The van der Waals surface area contributed by atoms with Crippen molar-refractivity contribution in [2.45, 2.75) is 104 Å². The van der Waals surface area contributed by atoms with Crippen molar-refractivity contribution in [3.05, 3.63) is 101 Å². The molecule has 0 spiro atoms. The van der Waals surface area contributed by atoms with E-state index in [2.05, 4.69) is 10.3 Å². The highest BCUT2D eigenvalue weighted by Crippen LogP contribution is 2.42. The van der Waals surface area contributed by atoms with Gasteiger partial charge in [-0.2, -0.15) is 13.2 Å². The van der Waals surface area contributed by atoms with Gasteiger partial charge in [-0.15, -0.1) is 0 Å². The fraction of sp³-hybridized carbons (Fsp3) is 0.435. The van der Waals surface area contributed by atoms with Gasteiger partial charge in [0.2, 0.25) is 0 Å². The van der Waals surface area contributed by atoms with E-state index in [0.29, 0.717) is 75.0 Å². The van der Waals surface area contributed by atoms with E-state index in [-0.39, 0.29) is 47.2 Å². The van der Waals surface area contributed by atoms with E-state index in [4.69, 9.17) is 28.7 Å². The zero-order chi connectivity index (χ0) is 43.3. The number of ether oxygens (including phenoxy) is 5. The standard InChI is InChI=1S/C46H51F3N4O7S/c1-6-56-40(57-7-2)27-58-29-15-17-30(18-16-29)59-31-19-20-32(36(25-31)46(47,48)49)33-21-22-39(51-41(33)43(55)60-45(3,4)5)53-24-23-28-11-10-12-34(35(28)26-53)42(54)52-44-50-37-13-8-9-14-38(37)61-44/h8-14,19-22,25,29-30,40H,6-7,15-18,23-24,26-27H2,1-5H3,(H,50,52,54). The minimum atomic E-state index is -4.79. The van der Waals surface area contributed by atoms with Crippen LogP contribution in [-0.4, -0.2) is 72.3 Å². The van der Waals surface area contributed by atoms with Gasteiger partial charge in [0.05, 0.1) is 34.6 Å². The van der Waals surface area contributed by atoms with Gasteiger partial charge >= 0.3 is 12.1 Å². The third-order valence-electron chi connectivity index (χ3n) is 10.5. The first-order valence-corrected chi connectivity index (χ1v) is 21.5. The number of para-hydroxylation sites is 1. The van der Waals surface area contributed by atoms with Crippen molar-refractivity contribution in [2.75, 3.05) is 36.6 Å². The molecule has 0 bridgehead atoms. The zero-order valence-electron chi connectivity index (χ0n) is 35.0. The molecule has 2 aliphatic rings. The third kappa shape index (κ3) is 10.9. The molecule has 0 atom stereocenters. The lowest BCUT2D eigenvalue weighted by Gasteiger charge is -2.31. The monoisotopic (exact) mass is 860 g/mol. The number of aromatic nitrogens is 2. The lowest BCUT2D eigenvalue weighted by atomic mass is 9.94. The Morgan fingerprint density at radius 3 is 2.31 bits per heavy atom. The van der Waals surface area contributed by atoms with Crippen molar-refractivity contribution in [3.8, 4) is 16.9 Å². The summed E-state index contributed by atoms with van der Waals surface area (Å²) in [4.78, 5) is 38.7. The molecule has 3 heterocycles. The van der Waals surface area contributed by atoms with Gasteiger partial charge < -0.3 is 28.6 Å². The van der Waals surface area contributed by atoms with Crippen LogP contribution < -0.4 is 15.0 Å². The van der Waals surface area contributed by atoms with Crippen LogP contribution in [0.4, 0.5) is 24.1 Å². The number of anilines is 2. The molecule has 0 saturated heterocycles. The first-order chi connectivity index (χ1) is 29.2. The van der Waals surface area contributed by atoms with E-state index in [0.717, 1.165) is 27.4 Å². The number of fused-ring (bicyclic) bond motifs is 2. The van der Waals surface area contributed by atoms with Crippen molar-refractivity contribution >= 4 is 44.4 Å². The summed E-state index contributed by atoms with van der Waals surface area (Å²) in [6.07, 6.45) is -2.43. The predicted molar refractivity (Wildman–Crippen MR) is 228 cm³/mol. The molecule has 2 aromatic heterocycles. The van der Waals surface area contributed by atoms with Crippen LogP contribution in [0.5, 0.6) is 5.75 Å². The Hall–Kier alpha value is -5.09. The minimum Gasteiger partial charge on any atom is -0.490 e. The highest BCUT2D eigenvalue weighted by atomic mass is 32.1. The van der Waals surface area contributed by atoms with Crippen LogP contribution in [0.1, 0.15) is 97.8 Å². The number of nitrogens with one attached hydrogen (secondary N) is 1. The topological polar surface area (TPSA) is 121 Å². The molecule has 5 aromatic rings. The van der Waals surface area contributed by atoms with Gasteiger partial charge in [-0.25, -0.2) is 14.8 Å². The smallest absolute Gasteiger partial charge is 0.417 e. The Bertz CT molecular complexity index is 2300. The highest BCUT2D eigenvalue weighted by molar-refractivity contribution is 7.22. The van der Waals surface area contributed by atoms with E-state index in [1.807, 2.05) is 55.1 Å². The molecule has 3 aromatic carbocycles. The number of carbonyl (C=O) groups is 2. The maximum atomic E-state index is 14.9. The number of amides is 1. The van der Waals surface area contributed by atoms with Gasteiger partial charge in [0, 0.05) is 37.4 Å². The summed E-state index contributed by atoms with van der Waals surface area (Å²) in [5, 5.41) is 3.42. The van der Waals surface area contributed by atoms with Crippen molar-refractivity contribution in [3.63, 3.8) is 0 Å². The number of pyridine rings is 1. The molecule has 1 N–H and O–H groups in total. The molecule has 0 radical (unpaired) electrons. The Balaban J connectivity index is 1.12. The second-order valence-electron chi connectivity index (χ2n) is 16.0. The number of hydrogen-bond donors (Lipinski definition) is 1. The molecule has 61 heavy (non-hydrogen) atoms. The van der Waals surface area contributed by atoms with E-state index >= 15 is 0 Å². The van der Waals surface area contributed by atoms with Crippen molar-refractivity contribution < 1.29 is 46.4 Å². The molecule has 7 rings (SSSR count). The molecule has 1 fully saturated rings. The maximum Gasteiger partial charge on any atom is 0.417 e. The molecular weight excluding hydrogens is 810 g/mol. The lowest BCUT2D eigenvalue weighted by Crippen LogP contribution is -2.33. The number of halogens is 3. The molecule has 324 valence electrons. The fourth-order valence-electron chi connectivity index (χ4n) is 7.71. The van der Waals surface area contributed by atoms with Crippen molar-refractivity contribution in [2.24, 2.45) is 0 Å². The summed E-state index contributed by atoms with van der Waals surface area (Å²) < 4.78 is 74.8. The number of hydrogen-bond acceptors (Lipinski definition) is 11. The summed E-state index contributed by atoms with van der Waals surface area (Å²) in [7, 11) is 0.